The fourth-order valence-electron chi connectivity index (χ4n) is 0.591. The predicted octanol–water partition coefficient (Wildman–Crippen LogP) is -0.507. The minimum atomic E-state index is -2.66. The first-order valence-electron chi connectivity index (χ1n) is 4.01. The highest BCUT2D eigenvalue weighted by atomic mass is 28.3. The van der Waals surface area contributed by atoms with Crippen molar-refractivity contribution in [2.75, 3.05) is 20.3 Å². The third kappa shape index (κ3) is 7.71. The van der Waals surface area contributed by atoms with Gasteiger partial charge in [-0.05, 0) is 0 Å². The summed E-state index contributed by atoms with van der Waals surface area (Å²) in [5.74, 6) is -1.05. The lowest BCUT2D eigenvalue weighted by Gasteiger charge is -2.13. The van der Waals surface area contributed by atoms with Gasteiger partial charge in [0, 0.05) is 21.0 Å². The average molecular weight is 222 g/mol. The number of hydrogen-bond acceptors (Lipinski definition) is 6. The molecule has 0 bridgehead atoms. The Morgan fingerprint density at radius 3 is 1.93 bits per heavy atom. The summed E-state index contributed by atoms with van der Waals surface area (Å²) in [4.78, 5) is 21.2. The molecule has 0 saturated heterocycles. The maximum absolute atomic E-state index is 10.6. The zero-order valence-electron chi connectivity index (χ0n) is 8.44. The molecular formula is C7H14O6Si. The van der Waals surface area contributed by atoms with Crippen molar-refractivity contribution in [1.29, 1.82) is 0 Å². The molecule has 0 fully saturated rings. The minimum Gasteiger partial charge on any atom is -0.467 e. The highest BCUT2D eigenvalue weighted by molar-refractivity contribution is 6.41. The van der Waals surface area contributed by atoms with Crippen LogP contribution in [0.1, 0.15) is 13.8 Å². The molecule has 0 saturated carbocycles. The molecule has 0 aliphatic rings. The van der Waals surface area contributed by atoms with Crippen molar-refractivity contribution in [2.45, 2.75) is 13.8 Å². The molecule has 0 amide bonds. The number of rotatable bonds is 6. The summed E-state index contributed by atoms with van der Waals surface area (Å²) in [7, 11) is -1.15. The van der Waals surface area contributed by atoms with Crippen LogP contribution in [0.4, 0.5) is 0 Å². The number of carbonyl (C=O) groups excluding carboxylic acids is 2. The first-order valence-corrected chi connectivity index (χ1v) is 5.42. The van der Waals surface area contributed by atoms with Crippen LogP contribution in [0.5, 0.6) is 0 Å². The molecule has 0 heterocycles. The van der Waals surface area contributed by atoms with E-state index in [4.69, 9.17) is 9.16 Å². The van der Waals surface area contributed by atoms with Crippen LogP contribution in [-0.2, 0) is 27.6 Å². The van der Waals surface area contributed by atoms with Crippen LogP contribution in [0.2, 0.25) is 0 Å². The maximum atomic E-state index is 10.6. The smallest absolute Gasteiger partial charge is 0.467 e. The zero-order chi connectivity index (χ0) is 11.0. The summed E-state index contributed by atoms with van der Waals surface area (Å²) in [5, 5.41) is 0. The number of ether oxygens (including phenoxy) is 1. The van der Waals surface area contributed by atoms with E-state index in [1.807, 2.05) is 0 Å². The number of hydrogen-bond donors (Lipinski definition) is 0. The van der Waals surface area contributed by atoms with Gasteiger partial charge in [0.05, 0.1) is 13.2 Å². The molecule has 0 atom stereocenters. The minimum absolute atomic E-state index is 0.230. The lowest BCUT2D eigenvalue weighted by molar-refractivity contribution is -0.140. The van der Waals surface area contributed by atoms with Gasteiger partial charge >= 0.3 is 9.53 Å². The SMILES string of the molecule is COCCO[SiH](OC(C)=O)OC(C)=O. The van der Waals surface area contributed by atoms with E-state index in [1.54, 1.807) is 0 Å². The highest BCUT2D eigenvalue weighted by Crippen LogP contribution is 1.94. The molecule has 14 heavy (non-hydrogen) atoms. The van der Waals surface area contributed by atoms with Crippen molar-refractivity contribution in [1.82, 2.24) is 0 Å². The zero-order valence-corrected chi connectivity index (χ0v) is 9.60. The molecule has 0 N–H and O–H groups in total. The molecular weight excluding hydrogens is 208 g/mol. The Bertz CT molecular complexity index is 179. The van der Waals surface area contributed by atoms with E-state index in [-0.39, 0.29) is 6.61 Å². The molecule has 0 aliphatic carbocycles. The van der Waals surface area contributed by atoms with Crippen LogP contribution in [0, 0.1) is 0 Å². The molecule has 0 radical (unpaired) electrons. The second-order valence-corrected chi connectivity index (χ2v) is 3.75. The van der Waals surface area contributed by atoms with Crippen molar-refractivity contribution < 1.29 is 27.6 Å². The second-order valence-electron chi connectivity index (χ2n) is 2.37. The topological polar surface area (TPSA) is 71.1 Å². The van der Waals surface area contributed by atoms with E-state index in [0.717, 1.165) is 0 Å². The average Bonchev–Trinajstić information content (AvgIpc) is 2.02. The van der Waals surface area contributed by atoms with Gasteiger partial charge in [0.15, 0.2) is 0 Å². The molecule has 82 valence electrons. The van der Waals surface area contributed by atoms with Gasteiger partial charge < -0.3 is 18.0 Å². The van der Waals surface area contributed by atoms with E-state index in [2.05, 4.69) is 8.85 Å². The molecule has 0 rings (SSSR count). The first kappa shape index (κ1) is 13.1. The summed E-state index contributed by atoms with van der Waals surface area (Å²) in [6.45, 7) is 3.03. The van der Waals surface area contributed by atoms with Gasteiger partial charge in [0.1, 0.15) is 0 Å². The van der Waals surface area contributed by atoms with Crippen LogP contribution in [-0.4, -0.2) is 41.8 Å². The van der Waals surface area contributed by atoms with Crippen LogP contribution < -0.4 is 0 Å². The number of carbonyl (C=O) groups is 2. The summed E-state index contributed by atoms with van der Waals surface area (Å²) in [5.41, 5.74) is 0. The Morgan fingerprint density at radius 2 is 1.57 bits per heavy atom. The standard InChI is InChI=1S/C7H14O6Si/c1-6(8)12-14(13-7(2)9)11-5-4-10-3/h14H,4-5H2,1-3H3. The Morgan fingerprint density at radius 1 is 1.07 bits per heavy atom. The van der Waals surface area contributed by atoms with Crippen LogP contribution in [0.3, 0.4) is 0 Å². The van der Waals surface area contributed by atoms with E-state index < -0.39 is 21.5 Å². The Kier molecular flexibility index (Phi) is 6.98. The molecule has 0 spiro atoms. The molecule has 7 heteroatoms. The van der Waals surface area contributed by atoms with Crippen molar-refractivity contribution >= 4 is 21.5 Å². The van der Waals surface area contributed by atoms with Crippen molar-refractivity contribution in [3.8, 4) is 0 Å². The van der Waals surface area contributed by atoms with Crippen molar-refractivity contribution in [3.05, 3.63) is 0 Å². The van der Waals surface area contributed by atoms with Gasteiger partial charge in [0.25, 0.3) is 11.9 Å². The van der Waals surface area contributed by atoms with E-state index >= 15 is 0 Å². The van der Waals surface area contributed by atoms with E-state index in [1.165, 1.54) is 21.0 Å². The molecule has 0 aromatic carbocycles. The Labute approximate surface area is 84.1 Å². The van der Waals surface area contributed by atoms with Gasteiger partial charge in [-0.1, -0.05) is 0 Å². The van der Waals surface area contributed by atoms with Crippen LogP contribution in [0.15, 0.2) is 0 Å². The summed E-state index contributed by atoms with van der Waals surface area (Å²) in [6, 6.07) is 0. The van der Waals surface area contributed by atoms with E-state index in [0.29, 0.717) is 6.61 Å². The molecule has 0 aromatic heterocycles. The van der Waals surface area contributed by atoms with Gasteiger partial charge in [-0.2, -0.15) is 0 Å². The van der Waals surface area contributed by atoms with Gasteiger partial charge in [-0.15, -0.1) is 0 Å². The Balaban J connectivity index is 3.84. The highest BCUT2D eigenvalue weighted by Gasteiger charge is 2.21. The van der Waals surface area contributed by atoms with E-state index in [9.17, 15) is 9.59 Å². The fraction of sp³-hybridized carbons (Fsp3) is 0.714. The monoisotopic (exact) mass is 222 g/mol. The molecule has 0 unspecified atom stereocenters. The van der Waals surface area contributed by atoms with Crippen LogP contribution >= 0.6 is 0 Å². The first-order chi connectivity index (χ1) is 6.56. The summed E-state index contributed by atoms with van der Waals surface area (Å²) >= 11 is 0. The van der Waals surface area contributed by atoms with Crippen molar-refractivity contribution in [3.63, 3.8) is 0 Å². The molecule has 0 aliphatic heterocycles. The lowest BCUT2D eigenvalue weighted by atomic mass is 10.8. The maximum Gasteiger partial charge on any atom is 0.619 e. The summed E-state index contributed by atoms with van der Waals surface area (Å²) in [6.07, 6.45) is 0. The molecule has 0 aromatic rings. The summed E-state index contributed by atoms with van der Waals surface area (Å²) < 4.78 is 19.1. The van der Waals surface area contributed by atoms with Crippen LogP contribution in [0.25, 0.3) is 0 Å². The third-order valence-electron chi connectivity index (χ3n) is 1.07. The Hall–Kier alpha value is -0.923. The van der Waals surface area contributed by atoms with Gasteiger partial charge in [-0.25, -0.2) is 0 Å². The normalized spacial score (nSPS) is 10.0. The number of methoxy groups -OCH3 is 1. The van der Waals surface area contributed by atoms with Gasteiger partial charge in [-0.3, -0.25) is 9.59 Å². The fourth-order valence-corrected chi connectivity index (χ4v) is 1.61. The predicted molar refractivity (Wildman–Crippen MR) is 48.5 cm³/mol. The molecule has 6 nitrogen and oxygen atoms in total. The third-order valence-corrected chi connectivity index (χ3v) is 2.62. The second kappa shape index (κ2) is 7.48. The van der Waals surface area contributed by atoms with Gasteiger partial charge in [0.2, 0.25) is 0 Å². The quantitative estimate of drug-likeness (QED) is 0.445. The largest absolute Gasteiger partial charge is 0.619 e. The van der Waals surface area contributed by atoms with Crippen molar-refractivity contribution in [2.24, 2.45) is 0 Å². The lowest BCUT2D eigenvalue weighted by Crippen LogP contribution is -2.32.